The fourth-order valence-electron chi connectivity index (χ4n) is 1.58. The van der Waals surface area contributed by atoms with E-state index < -0.39 is 0 Å². The molecule has 0 aliphatic carbocycles. The highest BCUT2D eigenvalue weighted by atomic mass is 14.9. The fraction of sp³-hybridized carbons (Fsp3) is 0.231. The molecule has 0 spiro atoms. The molecular weight excluding hydrogens is 170 g/mol. The summed E-state index contributed by atoms with van der Waals surface area (Å²) in [6.07, 6.45) is 1.10. The van der Waals surface area contributed by atoms with Gasteiger partial charge in [0.25, 0.3) is 0 Å². The van der Waals surface area contributed by atoms with Crippen LogP contribution in [0.2, 0.25) is 0 Å². The summed E-state index contributed by atoms with van der Waals surface area (Å²) in [6, 6.07) is 14.7. The molecule has 0 amide bonds. The van der Waals surface area contributed by atoms with Crippen molar-refractivity contribution in [3.63, 3.8) is 0 Å². The Hall–Kier alpha value is -1.50. The van der Waals surface area contributed by atoms with Crippen LogP contribution in [0.25, 0.3) is 10.8 Å². The first-order chi connectivity index (χ1) is 6.92. The van der Waals surface area contributed by atoms with Crippen LogP contribution in [0.5, 0.6) is 0 Å². The number of nitrogens with zero attached hydrogens (tertiary/aromatic N) is 1. The van der Waals surface area contributed by atoms with Crippen LogP contribution in [0.3, 0.4) is 0 Å². The second-order valence-electron chi connectivity index (χ2n) is 3.38. The molecule has 0 saturated carbocycles. The summed E-state index contributed by atoms with van der Waals surface area (Å²) in [5.74, 6) is 0. The maximum atomic E-state index is 4.55. The topological polar surface area (TPSA) is 14.1 Å². The molecule has 0 atom stereocenters. The molecule has 1 nitrogen and oxygen atoms in total. The van der Waals surface area contributed by atoms with Crippen molar-refractivity contribution in [1.82, 2.24) is 5.32 Å². The first-order valence-electron chi connectivity index (χ1n) is 5.07. The van der Waals surface area contributed by atoms with E-state index in [2.05, 4.69) is 54.7 Å². The highest BCUT2D eigenvalue weighted by Crippen LogP contribution is 2.22. The molecule has 0 aliphatic heterocycles. The molecule has 0 aliphatic rings. The Morgan fingerprint density at radius 3 is 2.64 bits per heavy atom. The predicted molar refractivity (Wildman–Crippen MR) is 60.9 cm³/mol. The van der Waals surface area contributed by atoms with Gasteiger partial charge in [-0.05, 0) is 17.9 Å². The van der Waals surface area contributed by atoms with Crippen LogP contribution in [0.1, 0.15) is 13.3 Å². The van der Waals surface area contributed by atoms with Crippen LogP contribution in [-0.2, 0) is 0 Å². The largest absolute Gasteiger partial charge is 0.285 e. The van der Waals surface area contributed by atoms with E-state index in [1.54, 1.807) is 0 Å². The van der Waals surface area contributed by atoms with E-state index in [4.69, 9.17) is 0 Å². The molecule has 71 valence electrons. The zero-order valence-electron chi connectivity index (χ0n) is 8.40. The van der Waals surface area contributed by atoms with Crippen molar-refractivity contribution < 1.29 is 0 Å². The van der Waals surface area contributed by atoms with Gasteiger partial charge in [0.05, 0.1) is 5.69 Å². The Labute approximate surface area is 84.8 Å². The van der Waals surface area contributed by atoms with Crippen molar-refractivity contribution in [1.29, 1.82) is 0 Å². The van der Waals surface area contributed by atoms with Crippen molar-refractivity contribution in [2.45, 2.75) is 13.3 Å². The van der Waals surface area contributed by atoms with Gasteiger partial charge in [-0.3, -0.25) is 5.32 Å². The number of benzene rings is 2. The Balaban J connectivity index is 2.43. The van der Waals surface area contributed by atoms with E-state index in [1.807, 2.05) is 0 Å². The van der Waals surface area contributed by atoms with Gasteiger partial charge in [0.1, 0.15) is 0 Å². The molecule has 0 N–H and O–H groups in total. The Morgan fingerprint density at radius 2 is 1.79 bits per heavy atom. The van der Waals surface area contributed by atoms with E-state index in [0.29, 0.717) is 0 Å². The van der Waals surface area contributed by atoms with E-state index in [9.17, 15) is 0 Å². The number of fused-ring (bicyclic) bond motifs is 1. The lowest BCUT2D eigenvalue weighted by Crippen LogP contribution is -1.98. The van der Waals surface area contributed by atoms with E-state index in [-0.39, 0.29) is 0 Å². The van der Waals surface area contributed by atoms with Crippen molar-refractivity contribution in [3.8, 4) is 0 Å². The van der Waals surface area contributed by atoms with E-state index in [0.717, 1.165) is 18.7 Å². The average molecular weight is 184 g/mol. The molecule has 2 aromatic rings. The van der Waals surface area contributed by atoms with Gasteiger partial charge in [-0.2, -0.15) is 0 Å². The third kappa shape index (κ3) is 1.72. The molecular formula is C13H14N. The summed E-state index contributed by atoms with van der Waals surface area (Å²) in [4.78, 5) is 0. The third-order valence-electron chi connectivity index (χ3n) is 2.27. The van der Waals surface area contributed by atoms with E-state index in [1.165, 1.54) is 10.8 Å². The SMILES string of the molecule is CCC[N]c1cccc2ccccc12. The molecule has 0 fully saturated rings. The molecule has 14 heavy (non-hydrogen) atoms. The highest BCUT2D eigenvalue weighted by Gasteiger charge is 1.98. The van der Waals surface area contributed by atoms with Crippen LogP contribution in [-0.4, -0.2) is 6.54 Å². The number of hydrogen-bond donors (Lipinski definition) is 0. The Bertz CT molecular complexity index is 415. The lowest BCUT2D eigenvalue weighted by Gasteiger charge is -2.05. The van der Waals surface area contributed by atoms with Crippen LogP contribution in [0, 0.1) is 0 Å². The third-order valence-corrected chi connectivity index (χ3v) is 2.27. The normalized spacial score (nSPS) is 10.4. The van der Waals surface area contributed by atoms with Crippen LogP contribution in [0.4, 0.5) is 5.69 Å². The minimum absolute atomic E-state index is 0.911. The van der Waals surface area contributed by atoms with Crippen LogP contribution < -0.4 is 5.32 Å². The lowest BCUT2D eigenvalue weighted by atomic mass is 10.1. The molecule has 0 saturated heterocycles. The summed E-state index contributed by atoms with van der Waals surface area (Å²) in [7, 11) is 0. The summed E-state index contributed by atoms with van der Waals surface area (Å²) < 4.78 is 0. The minimum Gasteiger partial charge on any atom is -0.285 e. The molecule has 0 unspecified atom stereocenters. The summed E-state index contributed by atoms with van der Waals surface area (Å²) in [5, 5.41) is 7.07. The second-order valence-corrected chi connectivity index (χ2v) is 3.38. The molecule has 0 heterocycles. The van der Waals surface area contributed by atoms with Gasteiger partial charge in [0.2, 0.25) is 0 Å². The molecule has 0 bridgehead atoms. The Kier molecular flexibility index (Phi) is 2.68. The summed E-state index contributed by atoms with van der Waals surface area (Å²) in [5.41, 5.74) is 1.12. The second kappa shape index (κ2) is 4.14. The molecule has 1 radical (unpaired) electrons. The van der Waals surface area contributed by atoms with Gasteiger partial charge in [-0.25, -0.2) is 0 Å². The molecule has 2 rings (SSSR count). The molecule has 0 aromatic heterocycles. The van der Waals surface area contributed by atoms with Gasteiger partial charge < -0.3 is 0 Å². The van der Waals surface area contributed by atoms with Crippen molar-refractivity contribution in [3.05, 3.63) is 42.5 Å². The monoisotopic (exact) mass is 184 g/mol. The van der Waals surface area contributed by atoms with Gasteiger partial charge in [-0.1, -0.05) is 43.3 Å². The zero-order chi connectivity index (χ0) is 9.80. The van der Waals surface area contributed by atoms with Crippen molar-refractivity contribution >= 4 is 16.5 Å². The van der Waals surface area contributed by atoms with Crippen molar-refractivity contribution in [2.24, 2.45) is 0 Å². The first-order valence-corrected chi connectivity index (χ1v) is 5.07. The quantitative estimate of drug-likeness (QED) is 0.693. The fourth-order valence-corrected chi connectivity index (χ4v) is 1.58. The smallest absolute Gasteiger partial charge is 0.0652 e. The summed E-state index contributed by atoms with van der Waals surface area (Å²) >= 11 is 0. The van der Waals surface area contributed by atoms with Gasteiger partial charge >= 0.3 is 0 Å². The molecule has 1 heteroatoms. The van der Waals surface area contributed by atoms with E-state index >= 15 is 0 Å². The molecule has 2 aromatic carbocycles. The first kappa shape index (κ1) is 9.07. The van der Waals surface area contributed by atoms with Crippen LogP contribution in [0.15, 0.2) is 42.5 Å². The lowest BCUT2D eigenvalue weighted by molar-refractivity contribution is 0.808. The maximum Gasteiger partial charge on any atom is 0.0652 e. The standard InChI is InChI=1S/C13H14N/c1-2-10-14-13-9-5-7-11-6-3-4-8-12(11)13/h3-9H,2,10H2,1H3. The minimum atomic E-state index is 0.911. The summed E-state index contributed by atoms with van der Waals surface area (Å²) in [6.45, 7) is 3.06. The average Bonchev–Trinajstić information content (AvgIpc) is 2.26. The number of rotatable bonds is 3. The van der Waals surface area contributed by atoms with Gasteiger partial charge in [0, 0.05) is 11.9 Å². The van der Waals surface area contributed by atoms with Gasteiger partial charge in [-0.15, -0.1) is 0 Å². The van der Waals surface area contributed by atoms with Gasteiger partial charge in [0.15, 0.2) is 0 Å². The zero-order valence-corrected chi connectivity index (χ0v) is 8.40. The van der Waals surface area contributed by atoms with Crippen molar-refractivity contribution in [2.75, 3.05) is 6.54 Å². The highest BCUT2D eigenvalue weighted by molar-refractivity contribution is 5.92. The number of hydrogen-bond acceptors (Lipinski definition) is 0. The maximum absolute atomic E-state index is 4.55. The Morgan fingerprint density at radius 1 is 1.00 bits per heavy atom. The predicted octanol–water partition coefficient (Wildman–Crippen LogP) is 3.49. The van der Waals surface area contributed by atoms with Crippen LogP contribution >= 0.6 is 0 Å².